The number of aromatic nitrogens is 1. The third-order valence-corrected chi connectivity index (χ3v) is 2.33. The molecule has 0 spiro atoms. The van der Waals surface area contributed by atoms with Crippen LogP contribution in [0.4, 0.5) is 24.7 Å². The third-order valence-electron chi connectivity index (χ3n) is 2.33. The average molecular weight is 309 g/mol. The predicted molar refractivity (Wildman–Crippen MR) is 63.2 cm³/mol. The van der Waals surface area contributed by atoms with E-state index in [1.807, 2.05) is 0 Å². The van der Waals surface area contributed by atoms with Crippen LogP contribution in [0.2, 0.25) is 0 Å². The first-order valence-electron chi connectivity index (χ1n) is 5.46. The van der Waals surface area contributed by atoms with Crippen LogP contribution in [-0.4, -0.2) is 52.0 Å². The highest BCUT2D eigenvalue weighted by Crippen LogP contribution is 2.26. The molecule has 0 bridgehead atoms. The van der Waals surface area contributed by atoms with Crippen LogP contribution in [0.1, 0.15) is 10.4 Å². The van der Waals surface area contributed by atoms with E-state index in [9.17, 15) is 28.1 Å². The molecule has 116 valence electrons. The number of nitro groups is 1. The van der Waals surface area contributed by atoms with E-state index < -0.39 is 53.8 Å². The van der Waals surface area contributed by atoms with Gasteiger partial charge in [0.1, 0.15) is 24.1 Å². The van der Waals surface area contributed by atoms with Crippen molar-refractivity contribution in [2.24, 2.45) is 0 Å². The van der Waals surface area contributed by atoms with Gasteiger partial charge in [-0.1, -0.05) is 0 Å². The number of anilines is 1. The van der Waals surface area contributed by atoms with E-state index in [1.54, 1.807) is 0 Å². The van der Waals surface area contributed by atoms with E-state index in [-0.39, 0.29) is 0 Å². The van der Waals surface area contributed by atoms with E-state index in [1.165, 1.54) is 0 Å². The van der Waals surface area contributed by atoms with Crippen LogP contribution >= 0.6 is 0 Å². The Hall–Kier alpha value is -2.43. The number of hydrogen-bond acceptors (Lipinski definition) is 6. The summed E-state index contributed by atoms with van der Waals surface area (Å²) >= 11 is 0. The molecule has 0 aliphatic carbocycles. The summed E-state index contributed by atoms with van der Waals surface area (Å²) in [6, 6.07) is 0.616. The van der Waals surface area contributed by atoms with E-state index in [4.69, 9.17) is 10.2 Å². The minimum absolute atomic E-state index is 0.493. The molecule has 0 radical (unpaired) electrons. The zero-order valence-corrected chi connectivity index (χ0v) is 10.4. The van der Waals surface area contributed by atoms with Crippen molar-refractivity contribution < 1.29 is 33.1 Å². The van der Waals surface area contributed by atoms with Crippen LogP contribution in [0, 0.1) is 10.1 Å². The van der Waals surface area contributed by atoms with Crippen molar-refractivity contribution in [1.29, 1.82) is 0 Å². The highest BCUT2D eigenvalue weighted by Gasteiger charge is 2.33. The Morgan fingerprint density at radius 3 is 2.52 bits per heavy atom. The first kappa shape index (κ1) is 16.6. The lowest BCUT2D eigenvalue weighted by atomic mass is 10.2. The molecule has 1 heterocycles. The van der Waals surface area contributed by atoms with Gasteiger partial charge in [-0.25, -0.2) is 9.78 Å². The molecule has 21 heavy (non-hydrogen) atoms. The fraction of sp³-hybridized carbons (Fsp3) is 0.400. The number of aliphatic hydroxyl groups is 1. The van der Waals surface area contributed by atoms with Crippen molar-refractivity contribution in [3.63, 3.8) is 0 Å². The molecule has 1 aromatic rings. The number of nitrogens with zero attached hydrogens (tertiary/aromatic N) is 3. The van der Waals surface area contributed by atoms with Gasteiger partial charge in [0.15, 0.2) is 0 Å². The van der Waals surface area contributed by atoms with Gasteiger partial charge >= 0.3 is 12.1 Å². The number of pyridine rings is 1. The SMILES string of the molecule is O=C(O)c1cc([N+](=O)[O-])cnc1N(CCO)CC(F)(F)F. The molecule has 1 aromatic heterocycles. The second kappa shape index (κ2) is 6.35. The molecule has 11 heteroatoms. The summed E-state index contributed by atoms with van der Waals surface area (Å²) in [6.07, 6.45) is -4.00. The zero-order valence-electron chi connectivity index (χ0n) is 10.4. The second-order valence-electron chi connectivity index (χ2n) is 3.89. The summed E-state index contributed by atoms with van der Waals surface area (Å²) in [5.41, 5.74) is -1.41. The van der Waals surface area contributed by atoms with Gasteiger partial charge < -0.3 is 15.1 Å². The van der Waals surface area contributed by atoms with Gasteiger partial charge in [-0.3, -0.25) is 10.1 Å². The maximum atomic E-state index is 12.4. The number of carboxylic acids is 1. The van der Waals surface area contributed by atoms with Gasteiger partial charge in [-0.05, 0) is 0 Å². The minimum atomic E-state index is -4.66. The molecule has 0 atom stereocenters. The van der Waals surface area contributed by atoms with Crippen molar-refractivity contribution in [1.82, 2.24) is 4.98 Å². The summed E-state index contributed by atoms with van der Waals surface area (Å²) in [5.74, 6) is -2.26. The summed E-state index contributed by atoms with van der Waals surface area (Å²) < 4.78 is 37.3. The maximum Gasteiger partial charge on any atom is 0.405 e. The van der Waals surface area contributed by atoms with Gasteiger partial charge in [-0.15, -0.1) is 0 Å². The Bertz CT molecular complexity index is 549. The van der Waals surface area contributed by atoms with Gasteiger partial charge in [0, 0.05) is 12.6 Å². The zero-order chi connectivity index (χ0) is 16.2. The highest BCUT2D eigenvalue weighted by molar-refractivity contribution is 5.94. The number of carboxylic acid groups (broad SMARTS) is 1. The van der Waals surface area contributed by atoms with Crippen molar-refractivity contribution >= 4 is 17.5 Å². The molecular formula is C10H10F3N3O5. The topological polar surface area (TPSA) is 117 Å². The number of aliphatic hydroxyl groups excluding tert-OH is 1. The molecular weight excluding hydrogens is 299 g/mol. The van der Waals surface area contributed by atoms with Crippen LogP contribution in [0.15, 0.2) is 12.3 Å². The highest BCUT2D eigenvalue weighted by atomic mass is 19.4. The van der Waals surface area contributed by atoms with Gasteiger partial charge in [0.05, 0.1) is 11.5 Å². The molecule has 0 saturated carbocycles. The van der Waals surface area contributed by atoms with E-state index in [0.717, 1.165) is 0 Å². The molecule has 1 rings (SSSR count). The van der Waals surface area contributed by atoms with Crippen LogP contribution < -0.4 is 4.90 Å². The number of hydrogen-bond donors (Lipinski definition) is 2. The molecule has 0 aromatic carbocycles. The predicted octanol–water partition coefficient (Wildman–Crippen LogP) is 1.05. The fourth-order valence-corrected chi connectivity index (χ4v) is 1.55. The summed E-state index contributed by atoms with van der Waals surface area (Å²) in [5, 5.41) is 28.3. The van der Waals surface area contributed by atoms with E-state index in [2.05, 4.69) is 4.98 Å². The number of aromatic carboxylic acids is 1. The average Bonchev–Trinajstić information content (AvgIpc) is 2.35. The summed E-state index contributed by atoms with van der Waals surface area (Å²) in [6.45, 7) is -2.74. The summed E-state index contributed by atoms with van der Waals surface area (Å²) in [4.78, 5) is 24.6. The maximum absolute atomic E-state index is 12.4. The number of alkyl halides is 3. The lowest BCUT2D eigenvalue weighted by molar-refractivity contribution is -0.385. The largest absolute Gasteiger partial charge is 0.478 e. The normalized spacial score (nSPS) is 11.2. The first-order chi connectivity index (χ1) is 9.65. The number of rotatable bonds is 6. The lowest BCUT2D eigenvalue weighted by Gasteiger charge is -2.25. The van der Waals surface area contributed by atoms with Crippen molar-refractivity contribution in [2.45, 2.75) is 6.18 Å². The van der Waals surface area contributed by atoms with Gasteiger partial charge in [0.2, 0.25) is 0 Å². The third kappa shape index (κ3) is 4.56. The van der Waals surface area contributed by atoms with Crippen LogP contribution in [0.3, 0.4) is 0 Å². The minimum Gasteiger partial charge on any atom is -0.478 e. The Kier molecular flexibility index (Phi) is 5.02. The van der Waals surface area contributed by atoms with E-state index in [0.29, 0.717) is 17.2 Å². The second-order valence-corrected chi connectivity index (χ2v) is 3.89. The summed E-state index contributed by atoms with van der Waals surface area (Å²) in [7, 11) is 0. The van der Waals surface area contributed by atoms with Crippen LogP contribution in [-0.2, 0) is 0 Å². The van der Waals surface area contributed by atoms with Gasteiger partial charge in [-0.2, -0.15) is 13.2 Å². The van der Waals surface area contributed by atoms with Crippen LogP contribution in [0.5, 0.6) is 0 Å². The molecule has 8 nitrogen and oxygen atoms in total. The Morgan fingerprint density at radius 2 is 2.10 bits per heavy atom. The molecule has 0 aliphatic heterocycles. The first-order valence-corrected chi connectivity index (χ1v) is 5.46. The monoisotopic (exact) mass is 309 g/mol. The smallest absolute Gasteiger partial charge is 0.405 e. The number of halogens is 3. The Morgan fingerprint density at radius 1 is 1.48 bits per heavy atom. The van der Waals surface area contributed by atoms with Crippen molar-refractivity contribution in [3.05, 3.63) is 27.9 Å². The standard InChI is InChI=1S/C10H10F3N3O5/c11-10(12,13)5-15(1-2-17)8-7(9(18)19)3-6(4-14-8)16(20)21/h3-4,17H,1-2,5H2,(H,18,19). The molecule has 0 saturated heterocycles. The van der Waals surface area contributed by atoms with Crippen LogP contribution in [0.25, 0.3) is 0 Å². The molecule has 0 amide bonds. The quantitative estimate of drug-likeness (QED) is 0.595. The van der Waals surface area contributed by atoms with Crippen molar-refractivity contribution in [3.8, 4) is 0 Å². The fourth-order valence-electron chi connectivity index (χ4n) is 1.55. The van der Waals surface area contributed by atoms with Gasteiger partial charge in [0.25, 0.3) is 5.69 Å². The van der Waals surface area contributed by atoms with Crippen molar-refractivity contribution in [2.75, 3.05) is 24.6 Å². The Labute approximate surface area is 115 Å². The lowest BCUT2D eigenvalue weighted by Crippen LogP contribution is -2.37. The molecule has 0 fully saturated rings. The molecule has 0 aliphatic rings. The Balaban J connectivity index is 3.29. The van der Waals surface area contributed by atoms with E-state index >= 15 is 0 Å². The molecule has 0 unspecified atom stereocenters. The number of carbonyl (C=O) groups is 1. The molecule has 2 N–H and O–H groups in total.